The van der Waals surface area contributed by atoms with Crippen LogP contribution in [0.3, 0.4) is 0 Å². The molecule has 0 spiro atoms. The highest BCUT2D eigenvalue weighted by atomic mass is 35.5. The maximum atomic E-state index is 11.5. The summed E-state index contributed by atoms with van der Waals surface area (Å²) < 4.78 is 11.3. The number of rotatable bonds is 6. The van der Waals surface area contributed by atoms with Gasteiger partial charge in [-0.25, -0.2) is 0 Å². The molecule has 0 saturated heterocycles. The number of Topliss-reactive ketones (excluding diaryl/α,β-unsaturated/α-hetero) is 1. The standard InChI is InChI=1S/C18H16ClNO3/c1-3-22-17-7-5-14(12(2)21)9-15(17)11-23-18-6-4-13(10-20)8-16(18)19/h4-9H,3,11H2,1-2H3. The smallest absolute Gasteiger partial charge is 0.159 e. The van der Waals surface area contributed by atoms with E-state index in [1.165, 1.54) is 6.92 Å². The highest BCUT2D eigenvalue weighted by Gasteiger charge is 2.10. The Hall–Kier alpha value is -2.51. The molecule has 0 aliphatic heterocycles. The maximum absolute atomic E-state index is 11.5. The van der Waals surface area contributed by atoms with Crippen molar-refractivity contribution in [3.63, 3.8) is 0 Å². The van der Waals surface area contributed by atoms with Gasteiger partial charge >= 0.3 is 0 Å². The lowest BCUT2D eigenvalue weighted by molar-refractivity contribution is 0.101. The van der Waals surface area contributed by atoms with Gasteiger partial charge < -0.3 is 9.47 Å². The summed E-state index contributed by atoms with van der Waals surface area (Å²) in [6, 6.07) is 12.1. The van der Waals surface area contributed by atoms with E-state index < -0.39 is 0 Å². The largest absolute Gasteiger partial charge is 0.493 e. The first-order chi connectivity index (χ1) is 11.0. The number of carbonyl (C=O) groups excluding carboxylic acids is 1. The van der Waals surface area contributed by atoms with Gasteiger partial charge in [0.05, 0.1) is 23.3 Å². The van der Waals surface area contributed by atoms with Gasteiger partial charge in [-0.05, 0) is 50.2 Å². The van der Waals surface area contributed by atoms with Crippen molar-refractivity contribution in [2.45, 2.75) is 20.5 Å². The second-order valence-corrected chi connectivity index (χ2v) is 5.26. The van der Waals surface area contributed by atoms with E-state index >= 15 is 0 Å². The zero-order valence-electron chi connectivity index (χ0n) is 12.9. The number of halogens is 1. The summed E-state index contributed by atoms with van der Waals surface area (Å²) in [7, 11) is 0. The summed E-state index contributed by atoms with van der Waals surface area (Å²) >= 11 is 6.10. The van der Waals surface area contributed by atoms with E-state index in [1.807, 2.05) is 13.0 Å². The molecule has 23 heavy (non-hydrogen) atoms. The Bertz CT molecular complexity index is 765. The monoisotopic (exact) mass is 329 g/mol. The average Bonchev–Trinajstić information content (AvgIpc) is 2.54. The fraction of sp³-hybridized carbons (Fsp3) is 0.222. The van der Waals surface area contributed by atoms with E-state index in [0.717, 1.165) is 5.56 Å². The van der Waals surface area contributed by atoms with Crippen molar-refractivity contribution in [1.29, 1.82) is 5.26 Å². The first-order valence-corrected chi connectivity index (χ1v) is 7.52. The minimum atomic E-state index is -0.0225. The molecule has 2 rings (SSSR count). The number of benzene rings is 2. The molecule has 2 aromatic carbocycles. The Labute approximate surface area is 140 Å². The van der Waals surface area contributed by atoms with Crippen molar-refractivity contribution in [3.05, 3.63) is 58.1 Å². The second-order valence-electron chi connectivity index (χ2n) is 4.86. The van der Waals surface area contributed by atoms with Gasteiger partial charge in [0.1, 0.15) is 18.1 Å². The van der Waals surface area contributed by atoms with Gasteiger partial charge in [0.2, 0.25) is 0 Å². The first-order valence-electron chi connectivity index (χ1n) is 7.14. The Kier molecular flexibility index (Phi) is 5.61. The van der Waals surface area contributed by atoms with Gasteiger partial charge in [0.15, 0.2) is 5.78 Å². The van der Waals surface area contributed by atoms with Crippen molar-refractivity contribution in [1.82, 2.24) is 0 Å². The summed E-state index contributed by atoms with van der Waals surface area (Å²) in [5.74, 6) is 1.12. The van der Waals surface area contributed by atoms with Gasteiger partial charge in [-0.3, -0.25) is 4.79 Å². The third kappa shape index (κ3) is 4.24. The fourth-order valence-electron chi connectivity index (χ4n) is 2.05. The molecule has 0 amide bonds. The minimum absolute atomic E-state index is 0.0225. The molecule has 0 heterocycles. The molecule has 0 N–H and O–H groups in total. The van der Waals surface area contributed by atoms with Crippen LogP contribution in [0.5, 0.6) is 11.5 Å². The van der Waals surface area contributed by atoms with Crippen LogP contribution in [0.2, 0.25) is 5.02 Å². The van der Waals surface area contributed by atoms with Gasteiger partial charge in [0.25, 0.3) is 0 Å². The lowest BCUT2D eigenvalue weighted by Gasteiger charge is -2.13. The van der Waals surface area contributed by atoms with E-state index in [9.17, 15) is 4.79 Å². The zero-order chi connectivity index (χ0) is 16.8. The molecule has 0 unspecified atom stereocenters. The van der Waals surface area contributed by atoms with E-state index in [0.29, 0.717) is 34.3 Å². The number of nitrogens with zero attached hydrogens (tertiary/aromatic N) is 1. The van der Waals surface area contributed by atoms with E-state index in [4.69, 9.17) is 26.3 Å². The molecule has 5 heteroatoms. The molecule has 0 radical (unpaired) electrons. The SMILES string of the molecule is CCOc1ccc(C(C)=O)cc1COc1ccc(C#N)cc1Cl. The van der Waals surface area contributed by atoms with Crippen molar-refractivity contribution in [2.24, 2.45) is 0 Å². The second kappa shape index (κ2) is 7.66. The van der Waals surface area contributed by atoms with Crippen LogP contribution in [-0.2, 0) is 6.61 Å². The molecular formula is C18H16ClNO3. The van der Waals surface area contributed by atoms with Crippen molar-refractivity contribution >= 4 is 17.4 Å². The van der Waals surface area contributed by atoms with Crippen LogP contribution in [0, 0.1) is 11.3 Å². The van der Waals surface area contributed by atoms with Crippen LogP contribution in [0.15, 0.2) is 36.4 Å². The Morgan fingerprint density at radius 2 is 1.91 bits per heavy atom. The normalized spacial score (nSPS) is 10.0. The van der Waals surface area contributed by atoms with Gasteiger partial charge in [-0.2, -0.15) is 5.26 Å². The zero-order valence-corrected chi connectivity index (χ0v) is 13.7. The highest BCUT2D eigenvalue weighted by Crippen LogP contribution is 2.28. The molecule has 0 bridgehead atoms. The van der Waals surface area contributed by atoms with Crippen molar-refractivity contribution < 1.29 is 14.3 Å². The van der Waals surface area contributed by atoms with Gasteiger partial charge in [-0.15, -0.1) is 0 Å². The summed E-state index contributed by atoms with van der Waals surface area (Å²) in [4.78, 5) is 11.5. The highest BCUT2D eigenvalue weighted by molar-refractivity contribution is 6.32. The number of nitriles is 1. The van der Waals surface area contributed by atoms with Crippen LogP contribution >= 0.6 is 11.6 Å². The molecule has 4 nitrogen and oxygen atoms in total. The molecule has 0 saturated carbocycles. The summed E-state index contributed by atoms with van der Waals surface area (Å²) in [6.45, 7) is 4.13. The van der Waals surface area contributed by atoms with Gasteiger partial charge in [-0.1, -0.05) is 11.6 Å². The third-order valence-electron chi connectivity index (χ3n) is 3.21. The number of hydrogen-bond donors (Lipinski definition) is 0. The molecule has 2 aromatic rings. The van der Waals surface area contributed by atoms with E-state index in [1.54, 1.807) is 36.4 Å². The van der Waals surface area contributed by atoms with Gasteiger partial charge in [0, 0.05) is 11.1 Å². The molecular weight excluding hydrogens is 314 g/mol. The number of carbonyl (C=O) groups is 1. The molecule has 0 fully saturated rings. The van der Waals surface area contributed by atoms with Crippen LogP contribution in [0.4, 0.5) is 0 Å². The molecule has 0 aromatic heterocycles. The maximum Gasteiger partial charge on any atom is 0.159 e. The molecule has 0 atom stereocenters. The minimum Gasteiger partial charge on any atom is -0.493 e. The Morgan fingerprint density at radius 3 is 2.52 bits per heavy atom. The Morgan fingerprint density at radius 1 is 1.17 bits per heavy atom. The molecule has 0 aliphatic carbocycles. The van der Waals surface area contributed by atoms with Crippen molar-refractivity contribution in [2.75, 3.05) is 6.61 Å². The van der Waals surface area contributed by atoms with Crippen molar-refractivity contribution in [3.8, 4) is 17.6 Å². The Balaban J connectivity index is 2.23. The summed E-state index contributed by atoms with van der Waals surface area (Å²) in [5, 5.41) is 9.21. The lowest BCUT2D eigenvalue weighted by Crippen LogP contribution is -2.04. The predicted molar refractivity (Wildman–Crippen MR) is 88.1 cm³/mol. The topological polar surface area (TPSA) is 59.3 Å². The number of hydrogen-bond acceptors (Lipinski definition) is 4. The average molecular weight is 330 g/mol. The first kappa shape index (κ1) is 16.9. The predicted octanol–water partition coefficient (Wildman–Crippen LogP) is 4.39. The number of ketones is 1. The van der Waals surface area contributed by atoms with Crippen LogP contribution < -0.4 is 9.47 Å². The lowest BCUT2D eigenvalue weighted by atomic mass is 10.1. The fourth-order valence-corrected chi connectivity index (χ4v) is 2.29. The molecule has 118 valence electrons. The quantitative estimate of drug-likeness (QED) is 0.737. The number of ether oxygens (including phenoxy) is 2. The van der Waals surface area contributed by atoms with Crippen LogP contribution in [0.25, 0.3) is 0 Å². The summed E-state index contributed by atoms with van der Waals surface area (Å²) in [6.07, 6.45) is 0. The van der Waals surface area contributed by atoms with Crippen LogP contribution in [0.1, 0.15) is 35.3 Å². The van der Waals surface area contributed by atoms with E-state index in [2.05, 4.69) is 0 Å². The molecule has 0 aliphatic rings. The summed E-state index contributed by atoms with van der Waals surface area (Å²) in [5.41, 5.74) is 1.83. The van der Waals surface area contributed by atoms with E-state index in [-0.39, 0.29) is 12.4 Å². The third-order valence-corrected chi connectivity index (χ3v) is 3.51. The van der Waals surface area contributed by atoms with Crippen LogP contribution in [-0.4, -0.2) is 12.4 Å².